The van der Waals surface area contributed by atoms with Crippen LogP contribution in [0, 0.1) is 5.92 Å². The highest BCUT2D eigenvalue weighted by Gasteiger charge is 2.20. The van der Waals surface area contributed by atoms with Crippen molar-refractivity contribution in [3.8, 4) is 5.75 Å². The molecular formula is C46H40N4O5. The van der Waals surface area contributed by atoms with E-state index in [1.54, 1.807) is 48.5 Å². The highest BCUT2D eigenvalue weighted by Crippen LogP contribution is 2.29. The number of nitrogen functional groups attached to an aromatic ring is 2. The highest BCUT2D eigenvalue weighted by molar-refractivity contribution is 6.06. The zero-order valence-electron chi connectivity index (χ0n) is 30.0. The molecule has 6 aromatic carbocycles. The summed E-state index contributed by atoms with van der Waals surface area (Å²) in [5.41, 5.74) is 19.6. The average Bonchev–Trinajstić information content (AvgIpc) is 3.21. The maximum absolute atomic E-state index is 12.6. The molecule has 1 aromatic heterocycles. The van der Waals surface area contributed by atoms with Gasteiger partial charge >= 0.3 is 0 Å². The lowest BCUT2D eigenvalue weighted by atomic mass is 9.91. The van der Waals surface area contributed by atoms with Crippen LogP contribution in [-0.4, -0.2) is 18.4 Å². The second-order valence-electron chi connectivity index (χ2n) is 13.4. The maximum Gasteiger partial charge on any atom is 0.255 e. The van der Waals surface area contributed by atoms with Gasteiger partial charge in [-0.2, -0.15) is 0 Å². The van der Waals surface area contributed by atoms with Gasteiger partial charge in [-0.3, -0.25) is 14.4 Å². The molecule has 1 unspecified atom stereocenters. The molecule has 2 amide bonds. The summed E-state index contributed by atoms with van der Waals surface area (Å²) in [6.07, 6.45) is 3.89. The first kappa shape index (κ1) is 36.2. The summed E-state index contributed by atoms with van der Waals surface area (Å²) in [4.78, 5) is 37.4. The van der Waals surface area contributed by atoms with E-state index in [2.05, 4.69) is 22.8 Å². The molecule has 274 valence electrons. The molecule has 1 aliphatic rings. The third kappa shape index (κ3) is 8.92. The normalized spacial score (nSPS) is 13.1. The molecule has 9 heteroatoms. The lowest BCUT2D eigenvalue weighted by Gasteiger charge is -2.25. The molecule has 0 spiro atoms. The van der Waals surface area contributed by atoms with E-state index in [-0.39, 0.29) is 17.2 Å². The van der Waals surface area contributed by atoms with Crippen LogP contribution < -0.4 is 32.3 Å². The van der Waals surface area contributed by atoms with Crippen molar-refractivity contribution in [3.05, 3.63) is 195 Å². The molecule has 1 aliphatic heterocycles. The van der Waals surface area contributed by atoms with Gasteiger partial charge in [0.25, 0.3) is 11.8 Å². The number of amides is 2. The number of fused-ring (bicyclic) bond motifs is 2. The van der Waals surface area contributed by atoms with Gasteiger partial charge in [0.05, 0.1) is 41.0 Å². The van der Waals surface area contributed by atoms with Crippen LogP contribution in [0.3, 0.4) is 0 Å². The fourth-order valence-corrected chi connectivity index (χ4v) is 6.49. The zero-order valence-corrected chi connectivity index (χ0v) is 30.0. The van der Waals surface area contributed by atoms with Gasteiger partial charge in [-0.05, 0) is 96.3 Å². The predicted octanol–water partition coefficient (Wildman–Crippen LogP) is 8.53. The van der Waals surface area contributed by atoms with E-state index in [4.69, 9.17) is 20.6 Å². The lowest BCUT2D eigenvalue weighted by molar-refractivity contribution is 0.101. The van der Waals surface area contributed by atoms with E-state index in [0.717, 1.165) is 30.8 Å². The van der Waals surface area contributed by atoms with Gasteiger partial charge in [0.2, 0.25) is 0 Å². The van der Waals surface area contributed by atoms with Crippen molar-refractivity contribution < 1.29 is 18.7 Å². The molecule has 0 aliphatic carbocycles. The van der Waals surface area contributed by atoms with E-state index in [1.807, 2.05) is 84.9 Å². The summed E-state index contributed by atoms with van der Waals surface area (Å²) in [6.45, 7) is 0.729. The summed E-state index contributed by atoms with van der Waals surface area (Å²) in [5, 5.41) is 6.22. The Hall–Kier alpha value is -7.13. The standard InChI is InChI=1S/C23H18N2O3.C23H22N2O2/c24-19-6-2-3-7-20(19)25-23(27)16-11-9-15(10-12-16)13-17-14-28-21-8-4-1-5-18(21)22(17)26;24-20-6-2-3-7-21(20)25-23(26)18-11-9-16(10-12-18)13-17-14-19-5-1-4-8-22(19)27-15-17/h1-12,14H,13,24H2,(H,25,27);1-12,17H,13-15,24H2,(H,25,26). The second-order valence-corrected chi connectivity index (χ2v) is 13.4. The molecule has 2 heterocycles. The van der Waals surface area contributed by atoms with Crippen molar-refractivity contribution in [2.45, 2.75) is 19.3 Å². The number of benzene rings is 6. The Labute approximate surface area is 318 Å². The third-order valence-corrected chi connectivity index (χ3v) is 9.48. The SMILES string of the molecule is Nc1ccccc1NC(=O)c1ccc(CC2COc3ccccc3C2)cc1.Nc1ccccc1NC(=O)c1ccc(Cc2coc3ccccc3c2=O)cc1. The fraction of sp³-hybridized carbons (Fsp3) is 0.109. The predicted molar refractivity (Wildman–Crippen MR) is 219 cm³/mol. The number of para-hydroxylation sites is 6. The summed E-state index contributed by atoms with van der Waals surface area (Å²) in [6, 6.07) is 44.6. The monoisotopic (exact) mass is 728 g/mol. The van der Waals surface area contributed by atoms with Crippen molar-refractivity contribution in [1.82, 2.24) is 0 Å². The average molecular weight is 729 g/mol. The molecule has 0 bridgehead atoms. The van der Waals surface area contributed by atoms with Crippen molar-refractivity contribution in [3.63, 3.8) is 0 Å². The number of carbonyl (C=O) groups excluding carboxylic acids is 2. The van der Waals surface area contributed by atoms with Crippen LogP contribution in [0.4, 0.5) is 22.7 Å². The number of anilines is 4. The first-order valence-electron chi connectivity index (χ1n) is 18.0. The van der Waals surface area contributed by atoms with Crippen molar-refractivity contribution in [2.75, 3.05) is 28.7 Å². The summed E-state index contributed by atoms with van der Waals surface area (Å²) in [5.74, 6) is 1.05. The van der Waals surface area contributed by atoms with Gasteiger partial charge in [-0.25, -0.2) is 0 Å². The topological polar surface area (TPSA) is 150 Å². The molecule has 0 fully saturated rings. The van der Waals surface area contributed by atoms with E-state index >= 15 is 0 Å². The van der Waals surface area contributed by atoms with Gasteiger partial charge in [0.15, 0.2) is 5.43 Å². The van der Waals surface area contributed by atoms with Crippen molar-refractivity contribution >= 4 is 45.5 Å². The van der Waals surface area contributed by atoms with Gasteiger partial charge in [-0.1, -0.05) is 78.9 Å². The second kappa shape index (κ2) is 16.7. The smallest absolute Gasteiger partial charge is 0.255 e. The Morgan fingerprint density at radius 3 is 1.82 bits per heavy atom. The number of hydrogen-bond donors (Lipinski definition) is 4. The number of nitrogens with two attached hydrogens (primary N) is 2. The largest absolute Gasteiger partial charge is 0.493 e. The van der Waals surface area contributed by atoms with Gasteiger partial charge in [0.1, 0.15) is 11.3 Å². The minimum atomic E-state index is -0.241. The summed E-state index contributed by atoms with van der Waals surface area (Å²) < 4.78 is 11.4. The van der Waals surface area contributed by atoms with Crippen LogP contribution in [-0.2, 0) is 19.3 Å². The van der Waals surface area contributed by atoms with Gasteiger partial charge < -0.3 is 31.3 Å². The molecule has 0 saturated heterocycles. The summed E-state index contributed by atoms with van der Waals surface area (Å²) >= 11 is 0. The highest BCUT2D eigenvalue weighted by atomic mass is 16.5. The Bertz CT molecular complexity index is 2510. The van der Waals surface area contributed by atoms with Crippen LogP contribution in [0.5, 0.6) is 5.75 Å². The van der Waals surface area contributed by atoms with Gasteiger partial charge in [-0.15, -0.1) is 0 Å². The number of nitrogens with one attached hydrogen (secondary N) is 2. The van der Waals surface area contributed by atoms with Crippen LogP contribution in [0.25, 0.3) is 11.0 Å². The molecule has 0 radical (unpaired) electrons. The molecule has 55 heavy (non-hydrogen) atoms. The van der Waals surface area contributed by atoms with E-state index < -0.39 is 0 Å². The first-order valence-corrected chi connectivity index (χ1v) is 18.0. The quantitative estimate of drug-likeness (QED) is 0.115. The molecular weight excluding hydrogens is 689 g/mol. The Morgan fingerprint density at radius 2 is 1.18 bits per heavy atom. The number of rotatable bonds is 8. The van der Waals surface area contributed by atoms with Crippen LogP contribution in [0.2, 0.25) is 0 Å². The van der Waals surface area contributed by atoms with Crippen molar-refractivity contribution in [2.24, 2.45) is 5.92 Å². The Kier molecular flexibility index (Phi) is 11.0. The van der Waals surface area contributed by atoms with E-state index in [0.29, 0.717) is 62.7 Å². The molecule has 1 atom stereocenters. The van der Waals surface area contributed by atoms with E-state index in [1.165, 1.54) is 17.4 Å². The summed E-state index contributed by atoms with van der Waals surface area (Å²) in [7, 11) is 0. The maximum atomic E-state index is 12.6. The van der Waals surface area contributed by atoms with Crippen LogP contribution >= 0.6 is 0 Å². The van der Waals surface area contributed by atoms with Crippen LogP contribution in [0.1, 0.15) is 43.0 Å². The fourth-order valence-electron chi connectivity index (χ4n) is 6.49. The molecule has 8 rings (SSSR count). The minimum Gasteiger partial charge on any atom is -0.493 e. The van der Waals surface area contributed by atoms with Crippen molar-refractivity contribution in [1.29, 1.82) is 0 Å². The minimum absolute atomic E-state index is 0.0387. The van der Waals surface area contributed by atoms with Crippen LogP contribution in [0.15, 0.2) is 161 Å². The Balaban J connectivity index is 0.000000169. The number of carbonyl (C=O) groups is 2. The van der Waals surface area contributed by atoms with Gasteiger partial charge in [0, 0.05) is 29.0 Å². The number of ether oxygens (including phenoxy) is 1. The molecule has 0 saturated carbocycles. The molecule has 7 aromatic rings. The van der Waals surface area contributed by atoms with E-state index in [9.17, 15) is 14.4 Å². The zero-order chi connectivity index (χ0) is 38.1. The Morgan fingerprint density at radius 1 is 0.636 bits per heavy atom. The third-order valence-electron chi connectivity index (χ3n) is 9.48. The molecule has 9 nitrogen and oxygen atoms in total. The molecule has 6 N–H and O–H groups in total. The first-order chi connectivity index (χ1) is 26.8. The lowest BCUT2D eigenvalue weighted by Crippen LogP contribution is -2.22. The number of hydrogen-bond acceptors (Lipinski definition) is 7.